The molecule has 0 aromatic carbocycles. The van der Waals surface area contributed by atoms with Crippen LogP contribution in [-0.2, 0) is 19.5 Å². The number of nitrogens with one attached hydrogen (secondary N) is 1. The molecule has 2 heterocycles. The molecule has 0 atom stereocenters. The summed E-state index contributed by atoms with van der Waals surface area (Å²) < 4.78 is 2.89. The summed E-state index contributed by atoms with van der Waals surface area (Å²) in [7, 11) is 0. The van der Waals surface area contributed by atoms with Gasteiger partial charge in [0, 0.05) is 19.5 Å². The van der Waals surface area contributed by atoms with Gasteiger partial charge in [-0.3, -0.25) is 13.9 Å². The van der Waals surface area contributed by atoms with Crippen molar-refractivity contribution in [2.24, 2.45) is 5.73 Å². The summed E-state index contributed by atoms with van der Waals surface area (Å²) >= 11 is 0. The molecule has 7 heteroatoms. The number of aromatic amines is 1. The summed E-state index contributed by atoms with van der Waals surface area (Å²) in [6, 6.07) is 0. The number of nitrogens with two attached hydrogens (primary N) is 1. The van der Waals surface area contributed by atoms with Gasteiger partial charge in [-0.05, 0) is 25.8 Å². The van der Waals surface area contributed by atoms with Crippen LogP contribution in [0.3, 0.4) is 0 Å². The van der Waals surface area contributed by atoms with Crippen molar-refractivity contribution in [3.05, 3.63) is 26.7 Å². The lowest BCUT2D eigenvalue weighted by atomic mass is 10.3. The third kappa shape index (κ3) is 2.92. The Morgan fingerprint density at radius 2 is 1.81 bits per heavy atom. The molecule has 2 rings (SSSR count). The minimum absolute atomic E-state index is 0.270. The van der Waals surface area contributed by atoms with E-state index in [1.165, 1.54) is 4.57 Å². The van der Waals surface area contributed by atoms with E-state index in [-0.39, 0.29) is 11.2 Å². The molecular formula is C14H23N5O2. The molecule has 0 aliphatic heterocycles. The van der Waals surface area contributed by atoms with E-state index >= 15 is 0 Å². The van der Waals surface area contributed by atoms with Crippen LogP contribution in [0.25, 0.3) is 11.2 Å². The van der Waals surface area contributed by atoms with Gasteiger partial charge in [0.1, 0.15) is 11.3 Å². The van der Waals surface area contributed by atoms with Gasteiger partial charge >= 0.3 is 5.69 Å². The van der Waals surface area contributed by atoms with E-state index in [2.05, 4.69) is 9.97 Å². The first-order valence-corrected chi connectivity index (χ1v) is 7.56. The summed E-state index contributed by atoms with van der Waals surface area (Å²) in [6.45, 7) is 5.49. The van der Waals surface area contributed by atoms with Crippen LogP contribution in [0.2, 0.25) is 0 Å². The number of H-pyrrole nitrogens is 1. The lowest BCUT2D eigenvalue weighted by Gasteiger charge is -2.09. The lowest BCUT2D eigenvalue weighted by molar-refractivity contribution is 0.555. The number of aryl methyl sites for hydroxylation is 2. The molecule has 116 valence electrons. The minimum atomic E-state index is -0.282. The number of imidazole rings is 1. The van der Waals surface area contributed by atoms with Crippen LogP contribution in [0.15, 0.2) is 9.59 Å². The Kier molecular flexibility index (Phi) is 4.95. The molecule has 0 radical (unpaired) electrons. The van der Waals surface area contributed by atoms with Gasteiger partial charge in [-0.1, -0.05) is 13.8 Å². The Morgan fingerprint density at radius 3 is 2.43 bits per heavy atom. The smallest absolute Gasteiger partial charge is 0.332 e. The van der Waals surface area contributed by atoms with Crippen molar-refractivity contribution in [3.63, 3.8) is 0 Å². The van der Waals surface area contributed by atoms with Crippen LogP contribution in [0, 0.1) is 0 Å². The van der Waals surface area contributed by atoms with Gasteiger partial charge in [-0.15, -0.1) is 0 Å². The third-order valence-corrected chi connectivity index (χ3v) is 3.42. The highest BCUT2D eigenvalue weighted by Gasteiger charge is 2.16. The predicted octanol–water partition coefficient (Wildman–Crippen LogP) is 0.598. The van der Waals surface area contributed by atoms with Crippen LogP contribution in [-0.4, -0.2) is 25.6 Å². The van der Waals surface area contributed by atoms with Gasteiger partial charge in [0.25, 0.3) is 5.56 Å². The molecule has 0 bridgehead atoms. The van der Waals surface area contributed by atoms with Crippen molar-refractivity contribution in [2.45, 2.75) is 52.6 Å². The van der Waals surface area contributed by atoms with E-state index in [1.54, 1.807) is 4.57 Å². The molecule has 2 aromatic heterocycles. The molecule has 0 aliphatic carbocycles. The second kappa shape index (κ2) is 6.71. The van der Waals surface area contributed by atoms with Gasteiger partial charge in [-0.25, -0.2) is 9.78 Å². The van der Waals surface area contributed by atoms with Crippen molar-refractivity contribution < 1.29 is 0 Å². The SMILES string of the molecule is CCCn1c(=O)c2[nH]c(CCCN)nc2n(CCC)c1=O. The molecule has 3 N–H and O–H groups in total. The quantitative estimate of drug-likeness (QED) is 0.780. The van der Waals surface area contributed by atoms with E-state index in [1.807, 2.05) is 13.8 Å². The van der Waals surface area contributed by atoms with Gasteiger partial charge in [-0.2, -0.15) is 0 Å². The van der Waals surface area contributed by atoms with Crippen LogP contribution in [0.4, 0.5) is 0 Å². The molecule has 0 saturated heterocycles. The Balaban J connectivity index is 2.67. The Bertz CT molecular complexity index is 725. The van der Waals surface area contributed by atoms with Gasteiger partial charge in [0.05, 0.1) is 0 Å². The monoisotopic (exact) mass is 293 g/mol. The van der Waals surface area contributed by atoms with E-state index < -0.39 is 0 Å². The second-order valence-corrected chi connectivity index (χ2v) is 5.17. The summed E-state index contributed by atoms with van der Waals surface area (Å²) in [4.78, 5) is 32.4. The van der Waals surface area contributed by atoms with E-state index in [4.69, 9.17) is 5.73 Å². The molecule has 2 aromatic rings. The lowest BCUT2D eigenvalue weighted by Crippen LogP contribution is -2.40. The number of aromatic nitrogens is 4. The molecule has 0 saturated carbocycles. The van der Waals surface area contributed by atoms with Crippen molar-refractivity contribution >= 4 is 11.2 Å². The first kappa shape index (κ1) is 15.5. The van der Waals surface area contributed by atoms with E-state index in [0.717, 1.165) is 19.3 Å². The van der Waals surface area contributed by atoms with E-state index in [9.17, 15) is 9.59 Å². The van der Waals surface area contributed by atoms with Crippen molar-refractivity contribution in [1.29, 1.82) is 0 Å². The highest BCUT2D eigenvalue weighted by Crippen LogP contribution is 2.08. The summed E-state index contributed by atoms with van der Waals surface area (Å²) in [6.07, 6.45) is 3.02. The summed E-state index contributed by atoms with van der Waals surface area (Å²) in [5.41, 5.74) is 5.84. The van der Waals surface area contributed by atoms with Crippen LogP contribution in [0.1, 0.15) is 38.9 Å². The fourth-order valence-electron chi connectivity index (χ4n) is 2.45. The summed E-state index contributed by atoms with van der Waals surface area (Å²) in [5.74, 6) is 0.714. The number of rotatable bonds is 7. The van der Waals surface area contributed by atoms with Crippen LogP contribution < -0.4 is 17.0 Å². The predicted molar refractivity (Wildman–Crippen MR) is 82.6 cm³/mol. The van der Waals surface area contributed by atoms with Crippen LogP contribution >= 0.6 is 0 Å². The molecule has 0 fully saturated rings. The highest BCUT2D eigenvalue weighted by atomic mass is 16.2. The maximum Gasteiger partial charge on any atom is 0.332 e. The van der Waals surface area contributed by atoms with Gasteiger partial charge in [0.15, 0.2) is 5.65 Å². The van der Waals surface area contributed by atoms with Gasteiger partial charge < -0.3 is 10.7 Å². The average molecular weight is 293 g/mol. The zero-order chi connectivity index (χ0) is 15.4. The Hall–Kier alpha value is -1.89. The third-order valence-electron chi connectivity index (χ3n) is 3.42. The van der Waals surface area contributed by atoms with Crippen molar-refractivity contribution in [2.75, 3.05) is 6.54 Å². The first-order valence-electron chi connectivity index (χ1n) is 7.56. The molecule has 7 nitrogen and oxygen atoms in total. The highest BCUT2D eigenvalue weighted by molar-refractivity contribution is 5.69. The maximum absolute atomic E-state index is 12.5. The fraction of sp³-hybridized carbons (Fsp3) is 0.643. The molecule has 0 spiro atoms. The molecule has 0 aliphatic rings. The van der Waals surface area contributed by atoms with Crippen molar-refractivity contribution in [3.8, 4) is 0 Å². The molecule has 0 unspecified atom stereocenters. The standard InChI is InChI=1S/C14H23N5O2/c1-3-8-18-12-11(16-10(17-12)6-5-7-15)13(20)19(9-4-2)14(18)21/h3-9,15H2,1-2H3,(H,16,17). The fourth-order valence-corrected chi connectivity index (χ4v) is 2.45. The molecule has 0 amide bonds. The topological polar surface area (TPSA) is 98.7 Å². The number of fused-ring (bicyclic) bond motifs is 1. The first-order chi connectivity index (χ1) is 10.1. The molecule has 21 heavy (non-hydrogen) atoms. The largest absolute Gasteiger partial charge is 0.336 e. The van der Waals surface area contributed by atoms with Crippen LogP contribution in [0.5, 0.6) is 0 Å². The summed E-state index contributed by atoms with van der Waals surface area (Å²) in [5, 5.41) is 0. The zero-order valence-electron chi connectivity index (χ0n) is 12.7. The number of hydrogen-bond donors (Lipinski definition) is 2. The number of nitrogens with zero attached hydrogens (tertiary/aromatic N) is 3. The number of hydrogen-bond acceptors (Lipinski definition) is 4. The molecular weight excluding hydrogens is 270 g/mol. The average Bonchev–Trinajstić information content (AvgIpc) is 2.90. The Morgan fingerprint density at radius 1 is 1.14 bits per heavy atom. The second-order valence-electron chi connectivity index (χ2n) is 5.17. The Labute approximate surface area is 122 Å². The normalized spacial score (nSPS) is 11.4. The minimum Gasteiger partial charge on any atom is -0.336 e. The maximum atomic E-state index is 12.5. The van der Waals surface area contributed by atoms with Gasteiger partial charge in [0.2, 0.25) is 0 Å². The van der Waals surface area contributed by atoms with E-state index in [0.29, 0.717) is 43.0 Å². The van der Waals surface area contributed by atoms with Crippen molar-refractivity contribution in [1.82, 2.24) is 19.1 Å². The zero-order valence-corrected chi connectivity index (χ0v) is 12.7.